The Kier molecular flexibility index (Phi) is 7.19. The highest BCUT2D eigenvalue weighted by Crippen LogP contribution is 2.44. The van der Waals surface area contributed by atoms with Gasteiger partial charge < -0.3 is 14.0 Å². The second kappa shape index (κ2) is 10.2. The van der Waals surface area contributed by atoms with Gasteiger partial charge in [-0.05, 0) is 74.5 Å². The van der Waals surface area contributed by atoms with Crippen LogP contribution in [-0.2, 0) is 4.57 Å². The first-order valence-electron chi connectivity index (χ1n) is 13.6. The topological polar surface area (TPSA) is 75.4 Å². The summed E-state index contributed by atoms with van der Waals surface area (Å²) >= 11 is 0. The van der Waals surface area contributed by atoms with Crippen molar-refractivity contribution in [1.29, 1.82) is 0 Å². The molecule has 0 radical (unpaired) electrons. The van der Waals surface area contributed by atoms with Crippen LogP contribution in [0.15, 0.2) is 85.2 Å². The number of rotatable bonds is 7. The number of hydrogen-bond acceptors (Lipinski definition) is 2. The van der Waals surface area contributed by atoms with E-state index in [1.54, 1.807) is 6.07 Å². The van der Waals surface area contributed by atoms with Gasteiger partial charge in [-0.15, -0.1) is 0 Å². The number of pyridine rings is 1. The zero-order valence-corrected chi connectivity index (χ0v) is 25.4. The van der Waals surface area contributed by atoms with Crippen molar-refractivity contribution in [2.75, 3.05) is 0 Å². The number of fused-ring (bicyclic) bond motifs is 2. The Morgan fingerprint density at radius 3 is 2.08 bits per heavy atom. The molecule has 0 saturated heterocycles. The monoisotopic (exact) mass is 556 g/mol. The molecule has 0 unspecified atom stereocenters. The maximum absolute atomic E-state index is 12.1. The van der Waals surface area contributed by atoms with Gasteiger partial charge in [-0.25, -0.2) is 4.98 Å². The third-order valence-electron chi connectivity index (χ3n) is 8.40. The molecule has 7 heteroatoms. The van der Waals surface area contributed by atoms with E-state index in [9.17, 15) is 14.4 Å². The molecule has 2 aromatic heterocycles. The molecule has 0 aliphatic heterocycles. The molecular weight excluding hydrogens is 519 g/mol. The van der Waals surface area contributed by atoms with Gasteiger partial charge in [0.25, 0.3) is 0 Å². The minimum atomic E-state index is -4.51. The summed E-state index contributed by atoms with van der Waals surface area (Å²) in [5, 5.41) is 3.03. The van der Waals surface area contributed by atoms with E-state index in [0.29, 0.717) is 22.1 Å². The van der Waals surface area contributed by atoms with Crippen LogP contribution in [0.25, 0.3) is 43.9 Å². The molecule has 5 aromatic rings. The molecule has 0 spiro atoms. The van der Waals surface area contributed by atoms with Crippen LogP contribution in [0.3, 0.4) is 0 Å². The number of benzene rings is 3. The van der Waals surface area contributed by atoms with Crippen molar-refractivity contribution in [2.45, 2.75) is 58.2 Å². The van der Waals surface area contributed by atoms with Gasteiger partial charge in [0, 0.05) is 17.1 Å². The molecule has 0 fully saturated rings. The average Bonchev–Trinajstić information content (AvgIpc) is 3.37. The van der Waals surface area contributed by atoms with Crippen LogP contribution < -0.4 is 5.44 Å². The second-order valence-electron chi connectivity index (χ2n) is 11.5. The molecule has 0 atom stereocenters. The van der Waals surface area contributed by atoms with Crippen molar-refractivity contribution in [2.24, 2.45) is 0 Å². The van der Waals surface area contributed by atoms with Crippen molar-refractivity contribution >= 4 is 42.9 Å². The van der Waals surface area contributed by atoms with Crippen LogP contribution in [0.2, 0.25) is 16.6 Å². The van der Waals surface area contributed by atoms with Crippen LogP contribution in [-0.4, -0.2) is 27.2 Å². The zero-order valence-electron chi connectivity index (χ0n) is 23.5. The lowest BCUT2D eigenvalue weighted by Crippen LogP contribution is -2.51. The first-order valence-corrected chi connectivity index (χ1v) is 17.4. The molecule has 0 bridgehead atoms. The largest absolute Gasteiger partial charge is 0.379 e. The molecule has 0 aliphatic carbocycles. The van der Waals surface area contributed by atoms with Crippen molar-refractivity contribution in [3.63, 3.8) is 0 Å². The van der Waals surface area contributed by atoms with Gasteiger partial charge in [-0.3, -0.25) is 4.57 Å². The smallest absolute Gasteiger partial charge is 0.374 e. The summed E-state index contributed by atoms with van der Waals surface area (Å²) in [6, 6.07) is 24.0. The summed E-state index contributed by atoms with van der Waals surface area (Å²) in [5.41, 5.74) is 6.17. The Bertz CT molecular complexity index is 1690. The molecule has 0 amide bonds. The lowest BCUT2D eigenvalue weighted by atomic mass is 9.93. The third-order valence-corrected chi connectivity index (χ3v) is 16.0. The normalized spacial score (nSPS) is 12.9. The van der Waals surface area contributed by atoms with Crippen molar-refractivity contribution in [3.8, 4) is 22.3 Å². The summed E-state index contributed by atoms with van der Waals surface area (Å²) in [6.45, 7) is 14.2. The first-order chi connectivity index (χ1) is 18.4. The van der Waals surface area contributed by atoms with Gasteiger partial charge in [-0.1, -0.05) is 90.1 Å². The summed E-state index contributed by atoms with van der Waals surface area (Å²) in [6.07, 6.45) is 4.58. The van der Waals surface area contributed by atoms with E-state index >= 15 is 0 Å². The molecule has 202 valence electrons. The van der Waals surface area contributed by atoms with E-state index in [2.05, 4.69) is 106 Å². The Labute approximate surface area is 231 Å². The Morgan fingerprint density at radius 1 is 0.744 bits per heavy atom. The predicted molar refractivity (Wildman–Crippen MR) is 166 cm³/mol. The van der Waals surface area contributed by atoms with E-state index in [1.165, 1.54) is 6.07 Å². The van der Waals surface area contributed by atoms with Crippen LogP contribution in [0, 0.1) is 0 Å². The van der Waals surface area contributed by atoms with E-state index < -0.39 is 15.8 Å². The van der Waals surface area contributed by atoms with Gasteiger partial charge in [-0.2, -0.15) is 0 Å². The van der Waals surface area contributed by atoms with Gasteiger partial charge in [0.2, 0.25) is 0 Å². The summed E-state index contributed by atoms with van der Waals surface area (Å²) < 4.78 is 14.7. The van der Waals surface area contributed by atoms with Gasteiger partial charge in [0.15, 0.2) is 13.7 Å². The average molecular weight is 557 g/mol. The maximum atomic E-state index is 12.1. The SMILES string of the molecule is CC(C)[Si](C(C)C)(C(C)C)n1ccc(-c2cc(-c3cccc4ccccc34)c3nc(P(=O)(O)O)ccc3c2)c1. The highest BCUT2D eigenvalue weighted by atomic mass is 31.2. The quantitative estimate of drug-likeness (QED) is 0.156. The van der Waals surface area contributed by atoms with Gasteiger partial charge in [0.1, 0.15) is 0 Å². The molecule has 5 nitrogen and oxygen atoms in total. The minimum absolute atomic E-state index is 0.211. The van der Waals surface area contributed by atoms with E-state index in [-0.39, 0.29) is 5.44 Å². The highest BCUT2D eigenvalue weighted by molar-refractivity contribution is 7.60. The van der Waals surface area contributed by atoms with Crippen LogP contribution in [0.1, 0.15) is 41.5 Å². The lowest BCUT2D eigenvalue weighted by Gasteiger charge is -2.44. The standard InChI is InChI=1S/C32H37N2O3PSi/c1-21(2)39(22(3)4,23(5)6)34-17-16-26(20-34)27-18-25-14-15-31(38(35,36)37)33-32(25)30(19-27)29-13-9-11-24-10-7-8-12-28(24)29/h7-23H,1-6H3,(H2,35,36,37). The fourth-order valence-electron chi connectivity index (χ4n) is 6.92. The molecule has 0 aliphatic rings. The van der Waals surface area contributed by atoms with Crippen LogP contribution >= 0.6 is 7.60 Å². The Hall–Kier alpha value is -3.02. The van der Waals surface area contributed by atoms with Crippen molar-refractivity contribution in [1.82, 2.24) is 9.22 Å². The Morgan fingerprint density at radius 2 is 1.41 bits per heavy atom. The maximum Gasteiger partial charge on any atom is 0.374 e. The zero-order chi connectivity index (χ0) is 28.1. The number of hydrogen-bond donors (Lipinski definition) is 2. The molecule has 0 saturated carbocycles. The van der Waals surface area contributed by atoms with Gasteiger partial charge >= 0.3 is 7.60 Å². The number of aromatic nitrogens is 2. The molecular formula is C32H37N2O3PSi. The molecule has 2 N–H and O–H groups in total. The third kappa shape index (κ3) is 4.70. The highest BCUT2D eigenvalue weighted by Gasteiger charge is 2.45. The van der Waals surface area contributed by atoms with Crippen molar-refractivity contribution in [3.05, 3.63) is 85.2 Å². The fraction of sp³-hybridized carbons (Fsp3) is 0.281. The fourth-order valence-corrected chi connectivity index (χ4v) is 13.9. The summed E-state index contributed by atoms with van der Waals surface area (Å²) in [5.74, 6) is 0. The first kappa shape index (κ1) is 27.5. The van der Waals surface area contributed by atoms with E-state index in [0.717, 1.165) is 38.4 Å². The predicted octanol–water partition coefficient (Wildman–Crippen LogP) is 8.35. The summed E-state index contributed by atoms with van der Waals surface area (Å²) in [7, 11) is -6.40. The van der Waals surface area contributed by atoms with Crippen LogP contribution in [0.5, 0.6) is 0 Å². The molecule has 5 rings (SSSR count). The van der Waals surface area contributed by atoms with Crippen LogP contribution in [0.4, 0.5) is 0 Å². The second-order valence-corrected chi connectivity index (χ2v) is 18.8. The minimum Gasteiger partial charge on any atom is -0.379 e. The van der Waals surface area contributed by atoms with Gasteiger partial charge in [0.05, 0.1) is 5.52 Å². The molecule has 2 heterocycles. The molecule has 39 heavy (non-hydrogen) atoms. The summed E-state index contributed by atoms with van der Waals surface area (Å²) in [4.78, 5) is 24.3. The van der Waals surface area contributed by atoms with Crippen molar-refractivity contribution < 1.29 is 14.4 Å². The lowest BCUT2D eigenvalue weighted by molar-refractivity contribution is 0.386. The Balaban J connectivity index is 1.78. The molecule has 3 aromatic carbocycles. The number of nitrogens with zero attached hydrogens (tertiary/aromatic N) is 2. The van der Waals surface area contributed by atoms with E-state index in [4.69, 9.17) is 0 Å². The van der Waals surface area contributed by atoms with E-state index in [1.807, 2.05) is 18.2 Å².